The van der Waals surface area contributed by atoms with Crippen LogP contribution in [0.4, 0.5) is 5.69 Å². The average Bonchev–Trinajstić information content (AvgIpc) is 2.32. The number of aliphatic hydroxyl groups excluding tert-OH is 1. The number of hydrogen-bond acceptors (Lipinski definition) is 2. The Morgan fingerprint density at radius 1 is 1.29 bits per heavy atom. The maximum absolute atomic E-state index is 9.18. The molecule has 1 fully saturated rings. The Morgan fingerprint density at radius 2 is 2.06 bits per heavy atom. The Hall–Kier alpha value is -1.02. The fourth-order valence-electron chi connectivity index (χ4n) is 2.55. The molecule has 1 aromatic carbocycles. The molecule has 1 aliphatic heterocycles. The second kappa shape index (κ2) is 5.09. The highest BCUT2D eigenvalue weighted by Crippen LogP contribution is 2.28. The molecule has 0 amide bonds. The van der Waals surface area contributed by atoms with E-state index in [9.17, 15) is 5.11 Å². The molecule has 0 saturated carbocycles. The third-order valence-corrected chi connectivity index (χ3v) is 4.20. The van der Waals surface area contributed by atoms with E-state index in [0.717, 1.165) is 30.5 Å². The third kappa shape index (κ3) is 2.63. The van der Waals surface area contributed by atoms with Crippen LogP contribution < -0.4 is 4.90 Å². The van der Waals surface area contributed by atoms with E-state index in [4.69, 9.17) is 0 Å². The quantitative estimate of drug-likeness (QED) is 0.849. The first kappa shape index (κ1) is 12.4. The first-order chi connectivity index (χ1) is 8.11. The van der Waals surface area contributed by atoms with Crippen LogP contribution in [-0.2, 0) is 6.61 Å². The number of aliphatic hydroxyl groups is 1. The Bertz CT molecular complexity index is 389. The Labute approximate surface area is 104 Å². The molecule has 2 unspecified atom stereocenters. The Morgan fingerprint density at radius 3 is 2.65 bits per heavy atom. The van der Waals surface area contributed by atoms with Crippen molar-refractivity contribution in [2.45, 2.75) is 33.8 Å². The molecule has 0 aliphatic carbocycles. The summed E-state index contributed by atoms with van der Waals surface area (Å²) in [4.78, 5) is 2.47. The predicted octanol–water partition coefficient (Wildman–Crippen LogP) is 2.97. The van der Waals surface area contributed by atoms with E-state index in [2.05, 4.69) is 37.8 Å². The number of anilines is 1. The predicted molar refractivity (Wildman–Crippen MR) is 72.3 cm³/mol. The number of piperidine rings is 1. The minimum absolute atomic E-state index is 0.138. The van der Waals surface area contributed by atoms with Crippen LogP contribution in [0.1, 0.15) is 31.4 Å². The van der Waals surface area contributed by atoms with Gasteiger partial charge in [0.2, 0.25) is 0 Å². The molecule has 0 aromatic heterocycles. The molecule has 1 heterocycles. The highest BCUT2D eigenvalue weighted by Gasteiger charge is 2.22. The van der Waals surface area contributed by atoms with Crippen molar-refractivity contribution in [1.29, 1.82) is 0 Å². The maximum Gasteiger partial charge on any atom is 0.0684 e. The van der Waals surface area contributed by atoms with Gasteiger partial charge in [0.25, 0.3) is 0 Å². The molecule has 2 atom stereocenters. The second-order valence-electron chi connectivity index (χ2n) is 5.46. The van der Waals surface area contributed by atoms with Gasteiger partial charge in [-0.3, -0.25) is 0 Å². The standard InChI is InChI=1S/C15H23NO/c1-11-6-7-16(9-13(11)3)15-5-4-14(10-17)12(2)8-15/h4-5,8,11,13,17H,6-7,9-10H2,1-3H3. The number of benzene rings is 1. The summed E-state index contributed by atoms with van der Waals surface area (Å²) in [6, 6.07) is 6.39. The zero-order valence-electron chi connectivity index (χ0n) is 11.1. The summed E-state index contributed by atoms with van der Waals surface area (Å²) in [6.07, 6.45) is 1.28. The van der Waals surface area contributed by atoms with E-state index in [0.29, 0.717) is 0 Å². The summed E-state index contributed by atoms with van der Waals surface area (Å²) in [5, 5.41) is 9.18. The lowest BCUT2D eigenvalue weighted by atomic mass is 9.88. The van der Waals surface area contributed by atoms with Crippen molar-refractivity contribution >= 4 is 5.69 Å². The molecular formula is C15H23NO. The van der Waals surface area contributed by atoms with Crippen molar-refractivity contribution in [3.8, 4) is 0 Å². The van der Waals surface area contributed by atoms with Crippen LogP contribution in [0.5, 0.6) is 0 Å². The number of hydrogen-bond donors (Lipinski definition) is 1. The third-order valence-electron chi connectivity index (χ3n) is 4.20. The maximum atomic E-state index is 9.18. The fraction of sp³-hybridized carbons (Fsp3) is 0.600. The smallest absolute Gasteiger partial charge is 0.0684 e. The van der Waals surface area contributed by atoms with Crippen molar-refractivity contribution in [2.24, 2.45) is 11.8 Å². The Kier molecular flexibility index (Phi) is 3.72. The minimum atomic E-state index is 0.138. The largest absolute Gasteiger partial charge is 0.392 e. The van der Waals surface area contributed by atoms with Crippen LogP contribution >= 0.6 is 0 Å². The molecule has 2 rings (SSSR count). The van der Waals surface area contributed by atoms with E-state index in [1.165, 1.54) is 17.7 Å². The van der Waals surface area contributed by atoms with Crippen LogP contribution in [0.2, 0.25) is 0 Å². The summed E-state index contributed by atoms with van der Waals surface area (Å²) < 4.78 is 0. The van der Waals surface area contributed by atoms with Gasteiger partial charge in [0.05, 0.1) is 6.61 Å². The van der Waals surface area contributed by atoms with Gasteiger partial charge in [-0.15, -0.1) is 0 Å². The molecular weight excluding hydrogens is 210 g/mol. The van der Waals surface area contributed by atoms with Crippen LogP contribution in [0, 0.1) is 18.8 Å². The van der Waals surface area contributed by atoms with Crippen molar-refractivity contribution in [3.63, 3.8) is 0 Å². The van der Waals surface area contributed by atoms with Crippen molar-refractivity contribution in [2.75, 3.05) is 18.0 Å². The first-order valence-electron chi connectivity index (χ1n) is 6.57. The average molecular weight is 233 g/mol. The van der Waals surface area contributed by atoms with Crippen LogP contribution in [0.15, 0.2) is 18.2 Å². The van der Waals surface area contributed by atoms with Gasteiger partial charge in [-0.05, 0) is 48.4 Å². The number of aryl methyl sites for hydroxylation is 1. The van der Waals surface area contributed by atoms with Gasteiger partial charge in [0, 0.05) is 18.8 Å². The first-order valence-corrected chi connectivity index (χ1v) is 6.57. The molecule has 94 valence electrons. The van der Waals surface area contributed by atoms with Crippen molar-refractivity contribution < 1.29 is 5.11 Å². The molecule has 2 nitrogen and oxygen atoms in total. The lowest BCUT2D eigenvalue weighted by Crippen LogP contribution is -2.38. The number of nitrogens with zero attached hydrogens (tertiary/aromatic N) is 1. The summed E-state index contributed by atoms with van der Waals surface area (Å²) in [6.45, 7) is 9.21. The SMILES string of the molecule is Cc1cc(N2CCC(C)C(C)C2)ccc1CO. The van der Waals surface area contributed by atoms with Gasteiger partial charge in [-0.1, -0.05) is 19.9 Å². The lowest BCUT2D eigenvalue weighted by molar-refractivity contribution is 0.281. The molecule has 2 heteroatoms. The van der Waals surface area contributed by atoms with Gasteiger partial charge < -0.3 is 10.0 Å². The molecule has 0 radical (unpaired) electrons. The van der Waals surface area contributed by atoms with Gasteiger partial charge in [-0.2, -0.15) is 0 Å². The summed E-state index contributed by atoms with van der Waals surface area (Å²) in [7, 11) is 0. The van der Waals surface area contributed by atoms with E-state index < -0.39 is 0 Å². The summed E-state index contributed by atoms with van der Waals surface area (Å²) >= 11 is 0. The highest BCUT2D eigenvalue weighted by atomic mass is 16.3. The van der Waals surface area contributed by atoms with Gasteiger partial charge in [-0.25, -0.2) is 0 Å². The number of rotatable bonds is 2. The van der Waals surface area contributed by atoms with E-state index in [1.54, 1.807) is 0 Å². The van der Waals surface area contributed by atoms with Gasteiger partial charge in [0.1, 0.15) is 0 Å². The molecule has 1 aromatic rings. The van der Waals surface area contributed by atoms with Gasteiger partial charge >= 0.3 is 0 Å². The highest BCUT2D eigenvalue weighted by molar-refractivity contribution is 5.51. The topological polar surface area (TPSA) is 23.5 Å². The normalized spacial score (nSPS) is 25.1. The van der Waals surface area contributed by atoms with Crippen molar-refractivity contribution in [3.05, 3.63) is 29.3 Å². The zero-order valence-corrected chi connectivity index (χ0v) is 11.1. The van der Waals surface area contributed by atoms with Crippen molar-refractivity contribution in [1.82, 2.24) is 0 Å². The molecule has 1 saturated heterocycles. The monoisotopic (exact) mass is 233 g/mol. The summed E-state index contributed by atoms with van der Waals surface area (Å²) in [5.41, 5.74) is 3.53. The van der Waals surface area contributed by atoms with Crippen LogP contribution in [0.3, 0.4) is 0 Å². The van der Waals surface area contributed by atoms with E-state index in [1.807, 2.05) is 6.07 Å². The fourth-order valence-corrected chi connectivity index (χ4v) is 2.55. The molecule has 1 aliphatic rings. The van der Waals surface area contributed by atoms with Crippen LogP contribution in [0.25, 0.3) is 0 Å². The molecule has 17 heavy (non-hydrogen) atoms. The lowest BCUT2D eigenvalue weighted by Gasteiger charge is -2.37. The second-order valence-corrected chi connectivity index (χ2v) is 5.46. The van der Waals surface area contributed by atoms with E-state index in [-0.39, 0.29) is 6.61 Å². The Balaban J connectivity index is 2.15. The molecule has 0 bridgehead atoms. The van der Waals surface area contributed by atoms with Gasteiger partial charge in [0.15, 0.2) is 0 Å². The minimum Gasteiger partial charge on any atom is -0.392 e. The summed E-state index contributed by atoms with van der Waals surface area (Å²) in [5.74, 6) is 1.60. The zero-order chi connectivity index (χ0) is 12.4. The van der Waals surface area contributed by atoms with E-state index >= 15 is 0 Å². The molecule has 0 spiro atoms. The van der Waals surface area contributed by atoms with Crippen LogP contribution in [-0.4, -0.2) is 18.2 Å². The molecule has 1 N–H and O–H groups in total.